The van der Waals surface area contributed by atoms with Crippen LogP contribution in [0.3, 0.4) is 0 Å². The average Bonchev–Trinajstić information content (AvgIpc) is 3.36. The summed E-state index contributed by atoms with van der Waals surface area (Å²) in [6.07, 6.45) is 2.28. The van der Waals surface area contributed by atoms with Gasteiger partial charge in [-0.25, -0.2) is 8.42 Å². The van der Waals surface area contributed by atoms with E-state index in [1.54, 1.807) is 16.7 Å². The molecule has 29 heavy (non-hydrogen) atoms. The van der Waals surface area contributed by atoms with Crippen LogP contribution in [0, 0.1) is 0 Å². The molecule has 2 aromatic rings. The van der Waals surface area contributed by atoms with Crippen molar-refractivity contribution >= 4 is 39.3 Å². The minimum atomic E-state index is -3.48. The van der Waals surface area contributed by atoms with Gasteiger partial charge in [-0.1, -0.05) is 25.6 Å². The molecule has 1 unspecified atom stereocenters. The summed E-state index contributed by atoms with van der Waals surface area (Å²) in [5, 5.41) is 11.4. The lowest BCUT2D eigenvalue weighted by Gasteiger charge is -2.19. The highest BCUT2D eigenvalue weighted by molar-refractivity contribution is 7.99. The van der Waals surface area contributed by atoms with Crippen LogP contribution in [0.1, 0.15) is 39.2 Å². The number of carbonyl (C=O) groups excluding carboxylic acids is 1. The molecule has 158 valence electrons. The van der Waals surface area contributed by atoms with Gasteiger partial charge in [0, 0.05) is 18.8 Å². The molecule has 0 bridgehead atoms. The summed E-state index contributed by atoms with van der Waals surface area (Å²) in [5.74, 6) is 0.713. The number of aromatic nitrogens is 3. The number of benzene rings is 1. The number of anilines is 2. The average molecular weight is 439 g/mol. The van der Waals surface area contributed by atoms with Gasteiger partial charge in [-0.05, 0) is 49.3 Å². The van der Waals surface area contributed by atoms with E-state index in [9.17, 15) is 13.2 Å². The molecule has 1 atom stereocenters. The number of rotatable bonds is 8. The van der Waals surface area contributed by atoms with Crippen LogP contribution in [0.5, 0.6) is 0 Å². The first kappa shape index (κ1) is 21.6. The van der Waals surface area contributed by atoms with Gasteiger partial charge < -0.3 is 11.1 Å². The first-order chi connectivity index (χ1) is 13.9. The van der Waals surface area contributed by atoms with Crippen LogP contribution < -0.4 is 11.1 Å². The molecule has 1 aliphatic heterocycles. The summed E-state index contributed by atoms with van der Waals surface area (Å²) in [5.41, 5.74) is 6.45. The summed E-state index contributed by atoms with van der Waals surface area (Å²) in [6.45, 7) is 4.98. The Hall–Kier alpha value is -2.11. The molecule has 0 aliphatic carbocycles. The van der Waals surface area contributed by atoms with E-state index in [1.165, 1.54) is 28.2 Å². The van der Waals surface area contributed by atoms with E-state index in [0.29, 0.717) is 30.4 Å². The third-order valence-corrected chi connectivity index (χ3v) is 7.53. The van der Waals surface area contributed by atoms with Gasteiger partial charge in [-0.3, -0.25) is 9.36 Å². The molecule has 1 aliphatic rings. The molecular formula is C18H26N6O3S2. The minimum Gasteiger partial charge on any atom is -0.368 e. The molecule has 0 radical (unpaired) electrons. The Kier molecular flexibility index (Phi) is 6.81. The molecule has 1 fully saturated rings. The summed E-state index contributed by atoms with van der Waals surface area (Å²) < 4.78 is 28.4. The number of hydrogen-bond acceptors (Lipinski definition) is 7. The highest BCUT2D eigenvalue weighted by Gasteiger charge is 2.28. The second-order valence-electron chi connectivity index (χ2n) is 6.69. The van der Waals surface area contributed by atoms with Gasteiger partial charge in [0.2, 0.25) is 21.9 Å². The van der Waals surface area contributed by atoms with E-state index < -0.39 is 16.1 Å². The number of hydrogen-bond donors (Lipinski definition) is 2. The number of carbonyl (C=O) groups is 1. The van der Waals surface area contributed by atoms with Crippen molar-refractivity contribution in [1.82, 2.24) is 19.1 Å². The van der Waals surface area contributed by atoms with E-state index >= 15 is 0 Å². The van der Waals surface area contributed by atoms with Crippen molar-refractivity contribution in [3.8, 4) is 0 Å². The SMILES string of the molecule is CCSc1nnc(N)n1C(CC)C(=O)Nc1ccc(S(=O)(=O)N2CCCC2)cc1. The summed E-state index contributed by atoms with van der Waals surface area (Å²) in [7, 11) is -3.48. The molecular weight excluding hydrogens is 412 g/mol. The van der Waals surface area contributed by atoms with Crippen molar-refractivity contribution in [3.63, 3.8) is 0 Å². The lowest BCUT2D eigenvalue weighted by molar-refractivity contribution is -0.119. The maximum absolute atomic E-state index is 12.9. The fraction of sp³-hybridized carbons (Fsp3) is 0.500. The normalized spacial score (nSPS) is 16.1. The van der Waals surface area contributed by atoms with E-state index in [1.807, 2.05) is 13.8 Å². The van der Waals surface area contributed by atoms with Crippen LogP contribution in [-0.2, 0) is 14.8 Å². The molecule has 9 nitrogen and oxygen atoms in total. The van der Waals surface area contributed by atoms with E-state index in [0.717, 1.165) is 18.6 Å². The zero-order chi connectivity index (χ0) is 21.0. The Labute approximate surface area is 175 Å². The van der Waals surface area contributed by atoms with Crippen molar-refractivity contribution in [2.45, 2.75) is 49.2 Å². The second-order valence-corrected chi connectivity index (χ2v) is 9.86. The highest BCUT2D eigenvalue weighted by Crippen LogP contribution is 2.27. The number of nitrogens with one attached hydrogen (secondary N) is 1. The topological polar surface area (TPSA) is 123 Å². The van der Waals surface area contributed by atoms with Gasteiger partial charge in [0.1, 0.15) is 6.04 Å². The fourth-order valence-electron chi connectivity index (χ4n) is 3.31. The first-order valence-electron chi connectivity index (χ1n) is 9.62. The maximum atomic E-state index is 12.9. The number of thioether (sulfide) groups is 1. The number of nitrogens with zero attached hydrogens (tertiary/aromatic N) is 4. The zero-order valence-corrected chi connectivity index (χ0v) is 18.2. The highest BCUT2D eigenvalue weighted by atomic mass is 32.2. The molecule has 1 saturated heterocycles. The largest absolute Gasteiger partial charge is 0.368 e. The maximum Gasteiger partial charge on any atom is 0.247 e. The molecule has 1 aromatic heterocycles. The van der Waals surface area contributed by atoms with Crippen LogP contribution in [0.2, 0.25) is 0 Å². The Morgan fingerprint density at radius 1 is 1.21 bits per heavy atom. The number of sulfonamides is 1. The molecule has 11 heteroatoms. The Morgan fingerprint density at radius 3 is 2.45 bits per heavy atom. The van der Waals surface area contributed by atoms with Crippen molar-refractivity contribution in [2.24, 2.45) is 0 Å². The third kappa shape index (κ3) is 4.57. The van der Waals surface area contributed by atoms with Crippen LogP contribution in [-0.4, -0.2) is 52.2 Å². The Balaban J connectivity index is 1.75. The van der Waals surface area contributed by atoms with Gasteiger partial charge in [0.05, 0.1) is 4.90 Å². The molecule has 1 amide bonds. The molecule has 3 N–H and O–H groups in total. The van der Waals surface area contributed by atoms with E-state index in [2.05, 4.69) is 15.5 Å². The summed E-state index contributed by atoms with van der Waals surface area (Å²) in [6, 6.07) is 5.69. The summed E-state index contributed by atoms with van der Waals surface area (Å²) in [4.78, 5) is 13.1. The van der Waals surface area contributed by atoms with E-state index in [4.69, 9.17) is 5.73 Å². The zero-order valence-electron chi connectivity index (χ0n) is 16.5. The van der Waals surface area contributed by atoms with Gasteiger partial charge >= 0.3 is 0 Å². The van der Waals surface area contributed by atoms with E-state index in [-0.39, 0.29) is 16.8 Å². The van der Waals surface area contributed by atoms with Gasteiger partial charge in [-0.2, -0.15) is 4.31 Å². The third-order valence-electron chi connectivity index (χ3n) is 4.79. The molecule has 0 saturated carbocycles. The Morgan fingerprint density at radius 2 is 1.86 bits per heavy atom. The van der Waals surface area contributed by atoms with Crippen molar-refractivity contribution in [2.75, 3.05) is 29.9 Å². The van der Waals surface area contributed by atoms with Crippen LogP contribution in [0.15, 0.2) is 34.3 Å². The van der Waals surface area contributed by atoms with Crippen molar-refractivity contribution < 1.29 is 13.2 Å². The monoisotopic (exact) mass is 438 g/mol. The fourth-order valence-corrected chi connectivity index (χ4v) is 5.54. The van der Waals surface area contributed by atoms with Crippen molar-refractivity contribution in [1.29, 1.82) is 0 Å². The van der Waals surface area contributed by atoms with Crippen LogP contribution in [0.4, 0.5) is 11.6 Å². The number of amides is 1. The molecule has 1 aromatic carbocycles. The predicted molar refractivity (Wildman–Crippen MR) is 113 cm³/mol. The molecule has 3 rings (SSSR count). The molecule has 2 heterocycles. The van der Waals surface area contributed by atoms with Gasteiger partial charge in [0.15, 0.2) is 5.16 Å². The quantitative estimate of drug-likeness (QED) is 0.606. The standard InChI is InChI=1S/C18H26N6O3S2/c1-3-15(24-17(19)21-22-18(24)28-4-2)16(25)20-13-7-9-14(10-8-13)29(26,27)23-11-5-6-12-23/h7-10,15H,3-6,11-12H2,1-2H3,(H2,19,21)(H,20,25). The van der Waals surface area contributed by atoms with Gasteiger partial charge in [-0.15, -0.1) is 10.2 Å². The van der Waals surface area contributed by atoms with Crippen molar-refractivity contribution in [3.05, 3.63) is 24.3 Å². The Bertz CT molecular complexity index is 952. The summed E-state index contributed by atoms with van der Waals surface area (Å²) >= 11 is 1.46. The van der Waals surface area contributed by atoms with Crippen LogP contribution in [0.25, 0.3) is 0 Å². The predicted octanol–water partition coefficient (Wildman–Crippen LogP) is 2.35. The minimum absolute atomic E-state index is 0.190. The number of nitrogen functional groups attached to an aromatic ring is 1. The number of nitrogens with two attached hydrogens (primary N) is 1. The lowest BCUT2D eigenvalue weighted by Crippen LogP contribution is -2.28. The first-order valence-corrected chi connectivity index (χ1v) is 12.0. The smallest absolute Gasteiger partial charge is 0.247 e. The lowest BCUT2D eigenvalue weighted by atomic mass is 10.2. The molecule has 0 spiro atoms. The second kappa shape index (κ2) is 9.14. The van der Waals surface area contributed by atoms with Gasteiger partial charge in [0.25, 0.3) is 0 Å². The van der Waals surface area contributed by atoms with Crippen LogP contribution >= 0.6 is 11.8 Å².